The lowest BCUT2D eigenvalue weighted by Crippen LogP contribution is -2.19. The lowest BCUT2D eigenvalue weighted by molar-refractivity contribution is 0.101. The Labute approximate surface area is 154 Å². The van der Waals surface area contributed by atoms with E-state index in [0.717, 1.165) is 23.1 Å². The molecule has 0 aliphatic heterocycles. The highest BCUT2D eigenvalue weighted by atomic mass is 35.5. The summed E-state index contributed by atoms with van der Waals surface area (Å²) in [7, 11) is 0. The van der Waals surface area contributed by atoms with E-state index < -0.39 is 0 Å². The highest BCUT2D eigenvalue weighted by molar-refractivity contribution is 7.17. The zero-order valence-corrected chi connectivity index (χ0v) is 15.2. The molecule has 0 atom stereocenters. The van der Waals surface area contributed by atoms with Gasteiger partial charge in [-0.15, -0.1) is 11.3 Å². The topological polar surface area (TPSA) is 34.0 Å². The number of benzene rings is 1. The summed E-state index contributed by atoms with van der Waals surface area (Å²) in [5, 5.41) is 5.79. The van der Waals surface area contributed by atoms with Crippen LogP contribution in [-0.4, -0.2) is 10.5 Å². The number of nitrogens with zero attached hydrogens (tertiary/aromatic N) is 1. The Balaban J connectivity index is 1.72. The summed E-state index contributed by atoms with van der Waals surface area (Å²) < 4.78 is 3.34. The van der Waals surface area contributed by atoms with Gasteiger partial charge in [0.1, 0.15) is 5.69 Å². The van der Waals surface area contributed by atoms with Crippen LogP contribution in [0.1, 0.15) is 42.2 Å². The molecule has 3 aromatic rings. The number of fused-ring (bicyclic) bond motifs is 1. The third-order valence-electron chi connectivity index (χ3n) is 4.58. The van der Waals surface area contributed by atoms with Crippen molar-refractivity contribution in [1.82, 2.24) is 4.57 Å². The summed E-state index contributed by atoms with van der Waals surface area (Å²) in [4.78, 5) is 12.9. The van der Waals surface area contributed by atoms with Crippen LogP contribution in [0.3, 0.4) is 0 Å². The maximum Gasteiger partial charge on any atom is 0.272 e. The van der Waals surface area contributed by atoms with Gasteiger partial charge in [0.2, 0.25) is 0 Å². The number of hydrogen-bond donors (Lipinski definition) is 1. The van der Waals surface area contributed by atoms with E-state index in [1.54, 1.807) is 29.5 Å². The van der Waals surface area contributed by atoms with Gasteiger partial charge in [0.05, 0.1) is 25.9 Å². The summed E-state index contributed by atoms with van der Waals surface area (Å²) in [6.45, 7) is 0. The van der Waals surface area contributed by atoms with Crippen molar-refractivity contribution in [2.24, 2.45) is 0 Å². The molecule has 1 aliphatic carbocycles. The molecule has 1 amide bonds. The molecule has 0 unspecified atom stereocenters. The number of carbonyl (C=O) groups is 1. The van der Waals surface area contributed by atoms with Gasteiger partial charge in [-0.1, -0.05) is 42.1 Å². The minimum atomic E-state index is -0.144. The number of aromatic nitrogens is 1. The Hall–Kier alpha value is -1.49. The van der Waals surface area contributed by atoms with E-state index in [9.17, 15) is 4.79 Å². The predicted molar refractivity (Wildman–Crippen MR) is 102 cm³/mol. The van der Waals surface area contributed by atoms with Gasteiger partial charge in [0.25, 0.3) is 5.91 Å². The largest absolute Gasteiger partial charge is 0.333 e. The molecule has 124 valence electrons. The molecule has 0 bridgehead atoms. The highest BCUT2D eigenvalue weighted by Gasteiger charge is 2.25. The van der Waals surface area contributed by atoms with Crippen molar-refractivity contribution >= 4 is 56.3 Å². The number of anilines is 1. The van der Waals surface area contributed by atoms with Crippen molar-refractivity contribution in [3.63, 3.8) is 0 Å². The van der Waals surface area contributed by atoms with Gasteiger partial charge in [-0.05, 0) is 42.5 Å². The molecule has 0 radical (unpaired) electrons. The van der Waals surface area contributed by atoms with Crippen molar-refractivity contribution in [3.05, 3.63) is 51.5 Å². The Bertz CT molecular complexity index is 909. The lowest BCUT2D eigenvalue weighted by atomic mass is 10.2. The summed E-state index contributed by atoms with van der Waals surface area (Å²) >= 11 is 13.9. The zero-order valence-electron chi connectivity index (χ0n) is 12.9. The first-order valence-corrected chi connectivity index (χ1v) is 9.62. The second kappa shape index (κ2) is 6.43. The fourth-order valence-electron chi connectivity index (χ4n) is 3.46. The fraction of sp³-hybridized carbons (Fsp3) is 0.278. The monoisotopic (exact) mass is 378 g/mol. The number of hydrogen-bond acceptors (Lipinski definition) is 2. The average Bonchev–Trinajstić information content (AvgIpc) is 3.27. The van der Waals surface area contributed by atoms with Gasteiger partial charge >= 0.3 is 0 Å². The van der Waals surface area contributed by atoms with Crippen molar-refractivity contribution in [1.29, 1.82) is 0 Å². The van der Waals surface area contributed by atoms with Crippen LogP contribution in [0.5, 0.6) is 0 Å². The molecule has 1 aromatic carbocycles. The minimum Gasteiger partial charge on any atom is -0.333 e. The maximum atomic E-state index is 12.9. The van der Waals surface area contributed by atoms with Crippen LogP contribution in [0.25, 0.3) is 10.2 Å². The molecule has 24 heavy (non-hydrogen) atoms. The molecule has 6 heteroatoms. The predicted octanol–water partition coefficient (Wildman–Crippen LogP) is 6.38. The first-order valence-electron chi connectivity index (χ1n) is 7.99. The molecule has 0 saturated heterocycles. The third kappa shape index (κ3) is 2.73. The van der Waals surface area contributed by atoms with Crippen molar-refractivity contribution < 1.29 is 4.79 Å². The van der Waals surface area contributed by atoms with Crippen LogP contribution < -0.4 is 5.32 Å². The second-order valence-electron chi connectivity index (χ2n) is 6.06. The third-order valence-corrected chi connectivity index (χ3v) is 6.25. The van der Waals surface area contributed by atoms with Crippen LogP contribution in [-0.2, 0) is 0 Å². The Morgan fingerprint density at radius 1 is 1.21 bits per heavy atom. The fourth-order valence-corrected chi connectivity index (χ4v) is 4.62. The number of thiophene rings is 1. The molecule has 1 fully saturated rings. The van der Waals surface area contributed by atoms with E-state index in [-0.39, 0.29) is 5.91 Å². The minimum absolute atomic E-state index is 0.144. The molecule has 2 heterocycles. The Morgan fingerprint density at radius 2 is 2.00 bits per heavy atom. The summed E-state index contributed by atoms with van der Waals surface area (Å²) in [5.74, 6) is -0.144. The Kier molecular flexibility index (Phi) is 4.29. The van der Waals surface area contributed by atoms with Crippen LogP contribution in [0.2, 0.25) is 10.0 Å². The molecule has 1 saturated carbocycles. The highest BCUT2D eigenvalue weighted by Crippen LogP contribution is 2.37. The standard InChI is InChI=1S/C18H16Cl2N2OS/c19-12-6-3-7-13(17(12)20)21-18(23)15-10-16-14(8-9-24-16)22(15)11-4-1-2-5-11/h3,6-11H,1-2,4-5H2,(H,21,23). The van der Waals surface area contributed by atoms with E-state index in [1.807, 2.05) is 6.07 Å². The van der Waals surface area contributed by atoms with E-state index in [2.05, 4.69) is 21.3 Å². The first kappa shape index (κ1) is 16.0. The summed E-state index contributed by atoms with van der Waals surface area (Å²) in [6.07, 6.45) is 4.68. The maximum absolute atomic E-state index is 12.9. The van der Waals surface area contributed by atoms with Crippen LogP contribution in [0, 0.1) is 0 Å². The van der Waals surface area contributed by atoms with E-state index in [0.29, 0.717) is 27.5 Å². The van der Waals surface area contributed by atoms with Gasteiger partial charge in [-0.25, -0.2) is 0 Å². The quantitative estimate of drug-likeness (QED) is 0.563. The van der Waals surface area contributed by atoms with Crippen LogP contribution >= 0.6 is 34.5 Å². The molecule has 1 N–H and O–H groups in total. The van der Waals surface area contributed by atoms with Crippen molar-refractivity contribution in [2.75, 3.05) is 5.32 Å². The SMILES string of the molecule is O=C(Nc1cccc(Cl)c1Cl)c1cc2sccc2n1C1CCCC1. The number of nitrogens with one attached hydrogen (secondary N) is 1. The van der Waals surface area contributed by atoms with E-state index in [4.69, 9.17) is 23.2 Å². The lowest BCUT2D eigenvalue weighted by Gasteiger charge is -2.17. The van der Waals surface area contributed by atoms with Gasteiger partial charge in [0.15, 0.2) is 0 Å². The Morgan fingerprint density at radius 3 is 2.79 bits per heavy atom. The molecule has 4 rings (SSSR count). The molecule has 0 spiro atoms. The number of amides is 1. The van der Waals surface area contributed by atoms with Gasteiger partial charge in [-0.2, -0.15) is 0 Å². The number of halogens is 2. The summed E-state index contributed by atoms with van der Waals surface area (Å²) in [6, 6.07) is 9.72. The van der Waals surface area contributed by atoms with Crippen LogP contribution in [0.4, 0.5) is 5.69 Å². The second-order valence-corrected chi connectivity index (χ2v) is 7.80. The number of carbonyl (C=O) groups excluding carboxylic acids is 1. The molecule has 2 aromatic heterocycles. The average molecular weight is 379 g/mol. The molecule has 1 aliphatic rings. The first-order chi connectivity index (χ1) is 11.6. The van der Waals surface area contributed by atoms with E-state index >= 15 is 0 Å². The van der Waals surface area contributed by atoms with Crippen LogP contribution in [0.15, 0.2) is 35.7 Å². The smallest absolute Gasteiger partial charge is 0.272 e. The van der Waals surface area contributed by atoms with Gasteiger partial charge < -0.3 is 9.88 Å². The molecular formula is C18H16Cl2N2OS. The van der Waals surface area contributed by atoms with Crippen molar-refractivity contribution in [2.45, 2.75) is 31.7 Å². The van der Waals surface area contributed by atoms with E-state index in [1.165, 1.54) is 12.8 Å². The van der Waals surface area contributed by atoms with Gasteiger partial charge in [-0.3, -0.25) is 4.79 Å². The zero-order chi connectivity index (χ0) is 16.7. The number of rotatable bonds is 3. The molecule has 3 nitrogen and oxygen atoms in total. The van der Waals surface area contributed by atoms with Crippen molar-refractivity contribution in [3.8, 4) is 0 Å². The van der Waals surface area contributed by atoms with Gasteiger partial charge in [0, 0.05) is 6.04 Å². The molecular weight excluding hydrogens is 363 g/mol. The normalized spacial score (nSPS) is 15.2. The summed E-state index contributed by atoms with van der Waals surface area (Å²) in [5.41, 5.74) is 2.38.